The summed E-state index contributed by atoms with van der Waals surface area (Å²) >= 11 is 0. The zero-order valence-electron chi connectivity index (χ0n) is 11.4. The van der Waals surface area contributed by atoms with Gasteiger partial charge in [-0.25, -0.2) is 0 Å². The van der Waals surface area contributed by atoms with Crippen molar-refractivity contribution in [1.29, 1.82) is 0 Å². The fourth-order valence-corrected chi connectivity index (χ4v) is 1.70. The third-order valence-electron chi connectivity index (χ3n) is 2.83. The number of nitrogens with one attached hydrogen (secondary N) is 1. The molecular formula is C13H30N2O. The second kappa shape index (κ2) is 12.9. The van der Waals surface area contributed by atoms with E-state index in [2.05, 4.69) is 21.9 Å². The Bertz CT molecular complexity index is 123. The highest BCUT2D eigenvalue weighted by molar-refractivity contribution is 4.66. The number of rotatable bonds is 6. The Balaban J connectivity index is 0.000000487. The van der Waals surface area contributed by atoms with E-state index < -0.39 is 0 Å². The number of nitrogens with zero attached hydrogens (tertiary/aromatic N) is 1. The molecule has 1 heterocycles. The topological polar surface area (TPSA) is 24.5 Å². The van der Waals surface area contributed by atoms with Crippen molar-refractivity contribution < 1.29 is 4.74 Å². The third kappa shape index (κ3) is 10.4. The molecular weight excluding hydrogens is 200 g/mol. The lowest BCUT2D eigenvalue weighted by atomic mass is 10.2. The predicted molar refractivity (Wildman–Crippen MR) is 71.0 cm³/mol. The maximum atomic E-state index is 4.54. The molecule has 3 nitrogen and oxygen atoms in total. The van der Waals surface area contributed by atoms with E-state index in [1.807, 2.05) is 6.92 Å². The van der Waals surface area contributed by atoms with Crippen LogP contribution in [0.4, 0.5) is 0 Å². The lowest BCUT2D eigenvalue weighted by Gasteiger charge is -2.26. The lowest BCUT2D eigenvalue weighted by Crippen LogP contribution is -2.43. The van der Waals surface area contributed by atoms with Gasteiger partial charge in [-0.15, -0.1) is 0 Å². The van der Waals surface area contributed by atoms with Crippen molar-refractivity contribution >= 4 is 0 Å². The van der Waals surface area contributed by atoms with Crippen molar-refractivity contribution in [3.05, 3.63) is 0 Å². The number of methoxy groups -OCH3 is 1. The van der Waals surface area contributed by atoms with E-state index in [0.29, 0.717) is 0 Å². The normalized spacial score (nSPS) is 16.7. The molecule has 0 aliphatic carbocycles. The zero-order chi connectivity index (χ0) is 12.1. The van der Waals surface area contributed by atoms with E-state index in [0.717, 1.165) is 6.61 Å². The van der Waals surface area contributed by atoms with Gasteiger partial charge in [-0.05, 0) is 19.9 Å². The molecule has 0 aromatic heterocycles. The van der Waals surface area contributed by atoms with E-state index in [-0.39, 0.29) is 0 Å². The number of unbranched alkanes of at least 4 members (excludes halogenated alkanes) is 3. The second-order valence-corrected chi connectivity index (χ2v) is 4.23. The van der Waals surface area contributed by atoms with Crippen LogP contribution >= 0.6 is 0 Å². The fourth-order valence-electron chi connectivity index (χ4n) is 1.70. The standard InChI is InChI=1S/C10H22N2.C3H8O/c1-2-3-4-5-8-12-9-6-11-7-10-12;1-3-4-2/h11H,2-10H2,1H3;3H2,1-2H3. The van der Waals surface area contributed by atoms with E-state index in [4.69, 9.17) is 0 Å². The van der Waals surface area contributed by atoms with Crippen molar-refractivity contribution in [2.45, 2.75) is 39.5 Å². The van der Waals surface area contributed by atoms with Gasteiger partial charge in [0.25, 0.3) is 0 Å². The lowest BCUT2D eigenvalue weighted by molar-refractivity contribution is 0.215. The molecule has 0 aromatic rings. The van der Waals surface area contributed by atoms with Crippen LogP contribution in [0.5, 0.6) is 0 Å². The van der Waals surface area contributed by atoms with Gasteiger partial charge in [0.15, 0.2) is 0 Å². The first-order chi connectivity index (χ1) is 7.85. The van der Waals surface area contributed by atoms with Crippen molar-refractivity contribution in [3.8, 4) is 0 Å². The van der Waals surface area contributed by atoms with Crippen molar-refractivity contribution in [2.24, 2.45) is 0 Å². The molecule has 0 spiro atoms. The Morgan fingerprint density at radius 2 is 1.69 bits per heavy atom. The Hall–Kier alpha value is -0.120. The first kappa shape index (κ1) is 15.9. The summed E-state index contributed by atoms with van der Waals surface area (Å²) in [6.45, 7) is 11.3. The van der Waals surface area contributed by atoms with E-state index in [1.165, 1.54) is 58.4 Å². The molecule has 0 unspecified atom stereocenters. The molecule has 0 saturated carbocycles. The maximum absolute atomic E-state index is 4.54. The molecule has 0 radical (unpaired) electrons. The van der Waals surface area contributed by atoms with Crippen LogP contribution in [0.25, 0.3) is 0 Å². The van der Waals surface area contributed by atoms with E-state index >= 15 is 0 Å². The number of piperazine rings is 1. The van der Waals surface area contributed by atoms with Gasteiger partial charge in [-0.2, -0.15) is 0 Å². The molecule has 1 rings (SSSR count). The molecule has 1 aliphatic rings. The monoisotopic (exact) mass is 230 g/mol. The van der Waals surface area contributed by atoms with Gasteiger partial charge < -0.3 is 15.0 Å². The summed E-state index contributed by atoms with van der Waals surface area (Å²) in [5.74, 6) is 0. The van der Waals surface area contributed by atoms with Crippen LogP contribution in [-0.2, 0) is 4.74 Å². The molecule has 1 aliphatic heterocycles. The van der Waals surface area contributed by atoms with Crippen molar-refractivity contribution in [3.63, 3.8) is 0 Å². The van der Waals surface area contributed by atoms with Crippen LogP contribution in [0.1, 0.15) is 39.5 Å². The number of hydrogen-bond acceptors (Lipinski definition) is 3. The molecule has 98 valence electrons. The van der Waals surface area contributed by atoms with Gasteiger partial charge in [0.05, 0.1) is 0 Å². The molecule has 1 N–H and O–H groups in total. The van der Waals surface area contributed by atoms with Crippen LogP contribution in [0.15, 0.2) is 0 Å². The summed E-state index contributed by atoms with van der Waals surface area (Å²) in [7, 11) is 1.68. The highest BCUT2D eigenvalue weighted by atomic mass is 16.5. The molecule has 1 saturated heterocycles. The van der Waals surface area contributed by atoms with E-state index in [9.17, 15) is 0 Å². The summed E-state index contributed by atoms with van der Waals surface area (Å²) in [5, 5.41) is 3.37. The second-order valence-electron chi connectivity index (χ2n) is 4.23. The molecule has 0 amide bonds. The van der Waals surface area contributed by atoms with E-state index in [1.54, 1.807) is 7.11 Å². The van der Waals surface area contributed by atoms with Gasteiger partial charge in [0.2, 0.25) is 0 Å². The molecule has 16 heavy (non-hydrogen) atoms. The van der Waals surface area contributed by atoms with Crippen molar-refractivity contribution in [2.75, 3.05) is 46.4 Å². The summed E-state index contributed by atoms with van der Waals surface area (Å²) in [4.78, 5) is 2.58. The van der Waals surface area contributed by atoms with Gasteiger partial charge in [0.1, 0.15) is 0 Å². The Morgan fingerprint density at radius 1 is 1.06 bits per heavy atom. The minimum Gasteiger partial charge on any atom is -0.385 e. The van der Waals surface area contributed by atoms with Crippen LogP contribution in [-0.4, -0.2) is 51.3 Å². The van der Waals surface area contributed by atoms with Gasteiger partial charge in [-0.1, -0.05) is 26.2 Å². The Labute approximate surface area is 102 Å². The maximum Gasteiger partial charge on any atom is 0.0433 e. The number of hydrogen-bond donors (Lipinski definition) is 1. The first-order valence-electron chi connectivity index (χ1n) is 6.77. The van der Waals surface area contributed by atoms with Gasteiger partial charge in [0, 0.05) is 39.9 Å². The number of ether oxygens (including phenoxy) is 1. The van der Waals surface area contributed by atoms with Crippen molar-refractivity contribution in [1.82, 2.24) is 10.2 Å². The molecule has 1 fully saturated rings. The summed E-state index contributed by atoms with van der Waals surface area (Å²) < 4.78 is 4.54. The predicted octanol–water partition coefficient (Wildman–Crippen LogP) is 2.12. The average molecular weight is 230 g/mol. The zero-order valence-corrected chi connectivity index (χ0v) is 11.4. The van der Waals surface area contributed by atoms with Crippen LogP contribution in [0.2, 0.25) is 0 Å². The highest BCUT2D eigenvalue weighted by Gasteiger charge is 2.07. The molecule has 0 atom stereocenters. The Kier molecular flexibility index (Phi) is 12.9. The summed E-state index contributed by atoms with van der Waals surface area (Å²) in [6.07, 6.45) is 5.57. The van der Waals surface area contributed by atoms with Crippen LogP contribution in [0, 0.1) is 0 Å². The summed E-state index contributed by atoms with van der Waals surface area (Å²) in [5.41, 5.74) is 0. The highest BCUT2D eigenvalue weighted by Crippen LogP contribution is 2.01. The minimum atomic E-state index is 0.819. The quantitative estimate of drug-likeness (QED) is 0.707. The largest absolute Gasteiger partial charge is 0.385 e. The van der Waals surface area contributed by atoms with Crippen LogP contribution in [0.3, 0.4) is 0 Å². The fraction of sp³-hybridized carbons (Fsp3) is 1.00. The smallest absolute Gasteiger partial charge is 0.0433 e. The van der Waals surface area contributed by atoms with Gasteiger partial charge in [-0.3, -0.25) is 0 Å². The SMILES string of the molecule is CCCCCCN1CCNCC1.CCOC. The third-order valence-corrected chi connectivity index (χ3v) is 2.83. The summed E-state index contributed by atoms with van der Waals surface area (Å²) in [6, 6.07) is 0. The first-order valence-corrected chi connectivity index (χ1v) is 6.77. The molecule has 0 bridgehead atoms. The average Bonchev–Trinajstić information content (AvgIpc) is 2.36. The van der Waals surface area contributed by atoms with Crippen LogP contribution < -0.4 is 5.32 Å². The minimum absolute atomic E-state index is 0.819. The Morgan fingerprint density at radius 3 is 2.19 bits per heavy atom. The molecule has 3 heteroatoms. The van der Waals surface area contributed by atoms with Gasteiger partial charge >= 0.3 is 0 Å². The molecule has 0 aromatic carbocycles.